The molecular formula is C17H18N2O2. The van der Waals surface area contributed by atoms with Crippen molar-refractivity contribution in [2.24, 2.45) is 5.92 Å². The molecule has 1 saturated carbocycles. The van der Waals surface area contributed by atoms with Crippen LogP contribution in [0.1, 0.15) is 24.3 Å². The van der Waals surface area contributed by atoms with Crippen molar-refractivity contribution in [3.63, 3.8) is 0 Å². The third-order valence-electron chi connectivity index (χ3n) is 3.75. The van der Waals surface area contributed by atoms with Crippen LogP contribution < -0.4 is 10.1 Å². The first-order valence-corrected chi connectivity index (χ1v) is 7.14. The molecule has 4 heteroatoms. The van der Waals surface area contributed by atoms with Gasteiger partial charge in [-0.15, -0.1) is 0 Å². The molecule has 0 saturated heterocycles. The molecule has 1 heterocycles. The van der Waals surface area contributed by atoms with Gasteiger partial charge < -0.3 is 10.1 Å². The van der Waals surface area contributed by atoms with Gasteiger partial charge in [0, 0.05) is 6.07 Å². The maximum absolute atomic E-state index is 12.6. The normalized spacial score (nSPS) is 15.3. The third-order valence-corrected chi connectivity index (χ3v) is 3.75. The fourth-order valence-corrected chi connectivity index (χ4v) is 2.52. The molecule has 2 aromatic rings. The monoisotopic (exact) mass is 282 g/mol. The molecule has 0 unspecified atom stereocenters. The minimum Gasteiger partial charge on any atom is -0.481 e. The highest BCUT2D eigenvalue weighted by Crippen LogP contribution is 2.43. The molecule has 1 N–H and O–H groups in total. The Hall–Kier alpha value is -2.36. The zero-order valence-electron chi connectivity index (χ0n) is 12.0. The fraction of sp³-hybridized carbons (Fsp3) is 0.294. The molecule has 1 aromatic heterocycles. The smallest absolute Gasteiger partial charge is 0.232 e. The van der Waals surface area contributed by atoms with E-state index in [9.17, 15) is 4.79 Å². The van der Waals surface area contributed by atoms with E-state index in [1.165, 1.54) is 0 Å². The van der Waals surface area contributed by atoms with Gasteiger partial charge in [-0.2, -0.15) is 0 Å². The van der Waals surface area contributed by atoms with Crippen LogP contribution in [0.3, 0.4) is 0 Å². The number of amides is 1. The second kappa shape index (κ2) is 5.95. The molecule has 0 bridgehead atoms. The lowest BCUT2D eigenvalue weighted by Gasteiger charge is -2.16. The predicted octanol–water partition coefficient (Wildman–Crippen LogP) is 3.22. The van der Waals surface area contributed by atoms with Gasteiger partial charge in [-0.3, -0.25) is 4.79 Å². The number of aromatic nitrogens is 1. The van der Waals surface area contributed by atoms with E-state index in [0.29, 0.717) is 17.5 Å². The van der Waals surface area contributed by atoms with Crippen molar-refractivity contribution in [3.05, 3.63) is 54.2 Å². The van der Waals surface area contributed by atoms with Gasteiger partial charge in [0.05, 0.1) is 24.9 Å². The SMILES string of the molecule is COc1ccc(NC(=O)[C@@H](c2ccccc2)C2CC2)cn1. The van der Waals surface area contributed by atoms with Gasteiger partial charge in [0.1, 0.15) is 0 Å². The van der Waals surface area contributed by atoms with Crippen LogP contribution in [0.15, 0.2) is 48.7 Å². The fourth-order valence-electron chi connectivity index (χ4n) is 2.52. The Morgan fingerprint density at radius 2 is 2.00 bits per heavy atom. The number of pyridine rings is 1. The van der Waals surface area contributed by atoms with E-state index in [1.807, 2.05) is 30.3 Å². The molecule has 1 fully saturated rings. The number of nitrogens with one attached hydrogen (secondary N) is 1. The highest BCUT2D eigenvalue weighted by atomic mass is 16.5. The highest BCUT2D eigenvalue weighted by Gasteiger charge is 2.37. The number of hydrogen-bond donors (Lipinski definition) is 1. The lowest BCUT2D eigenvalue weighted by Crippen LogP contribution is -2.22. The second-order valence-corrected chi connectivity index (χ2v) is 5.30. The summed E-state index contributed by atoms with van der Waals surface area (Å²) in [6, 6.07) is 13.5. The van der Waals surface area contributed by atoms with Crippen LogP contribution in [0.4, 0.5) is 5.69 Å². The minimum atomic E-state index is -0.0756. The van der Waals surface area contributed by atoms with Gasteiger partial charge >= 0.3 is 0 Å². The topological polar surface area (TPSA) is 51.2 Å². The lowest BCUT2D eigenvalue weighted by atomic mass is 9.93. The van der Waals surface area contributed by atoms with Gasteiger partial charge in [-0.05, 0) is 30.4 Å². The summed E-state index contributed by atoms with van der Waals surface area (Å²) in [5.74, 6) is 0.956. The highest BCUT2D eigenvalue weighted by molar-refractivity contribution is 5.96. The van der Waals surface area contributed by atoms with E-state index in [0.717, 1.165) is 18.4 Å². The van der Waals surface area contributed by atoms with E-state index in [4.69, 9.17) is 4.74 Å². The zero-order valence-corrected chi connectivity index (χ0v) is 12.0. The first-order chi connectivity index (χ1) is 10.3. The van der Waals surface area contributed by atoms with Gasteiger partial charge in [0.25, 0.3) is 0 Å². The zero-order chi connectivity index (χ0) is 14.7. The average molecular weight is 282 g/mol. The molecule has 1 aliphatic rings. The number of anilines is 1. The van der Waals surface area contributed by atoms with Crippen molar-refractivity contribution in [3.8, 4) is 5.88 Å². The van der Waals surface area contributed by atoms with Crippen LogP contribution in [0.25, 0.3) is 0 Å². The molecule has 1 amide bonds. The van der Waals surface area contributed by atoms with Crippen LogP contribution in [-0.4, -0.2) is 18.0 Å². The van der Waals surface area contributed by atoms with Gasteiger partial charge in [0.2, 0.25) is 11.8 Å². The Bertz CT molecular complexity index is 606. The molecular weight excluding hydrogens is 264 g/mol. The number of nitrogens with zero attached hydrogens (tertiary/aromatic N) is 1. The van der Waals surface area contributed by atoms with Crippen molar-refractivity contribution in [1.82, 2.24) is 4.98 Å². The van der Waals surface area contributed by atoms with Crippen molar-refractivity contribution >= 4 is 11.6 Å². The number of benzene rings is 1. The van der Waals surface area contributed by atoms with Crippen molar-refractivity contribution < 1.29 is 9.53 Å². The Kier molecular flexibility index (Phi) is 3.86. The largest absolute Gasteiger partial charge is 0.481 e. The summed E-state index contributed by atoms with van der Waals surface area (Å²) < 4.78 is 5.02. The Balaban J connectivity index is 1.75. The van der Waals surface area contributed by atoms with E-state index < -0.39 is 0 Å². The van der Waals surface area contributed by atoms with Crippen molar-refractivity contribution in [2.45, 2.75) is 18.8 Å². The molecule has 4 nitrogen and oxygen atoms in total. The second-order valence-electron chi connectivity index (χ2n) is 5.30. The van der Waals surface area contributed by atoms with Crippen LogP contribution in [0.5, 0.6) is 5.88 Å². The molecule has 0 spiro atoms. The van der Waals surface area contributed by atoms with Crippen molar-refractivity contribution in [2.75, 3.05) is 12.4 Å². The molecule has 1 aliphatic carbocycles. The van der Waals surface area contributed by atoms with Gasteiger partial charge in [-0.1, -0.05) is 30.3 Å². The quantitative estimate of drug-likeness (QED) is 0.916. The summed E-state index contributed by atoms with van der Waals surface area (Å²) in [5.41, 5.74) is 1.78. The number of ether oxygens (including phenoxy) is 1. The Labute approximate surface area is 124 Å². The number of methoxy groups -OCH3 is 1. The number of carbonyl (C=O) groups is 1. The molecule has 0 radical (unpaired) electrons. The molecule has 108 valence electrons. The van der Waals surface area contributed by atoms with E-state index in [-0.39, 0.29) is 11.8 Å². The summed E-state index contributed by atoms with van der Waals surface area (Å²) in [7, 11) is 1.57. The molecule has 3 rings (SSSR count). The first-order valence-electron chi connectivity index (χ1n) is 7.14. The summed E-state index contributed by atoms with van der Waals surface area (Å²) in [6.07, 6.45) is 3.85. The van der Waals surface area contributed by atoms with E-state index in [2.05, 4.69) is 10.3 Å². The van der Waals surface area contributed by atoms with E-state index in [1.54, 1.807) is 25.4 Å². The first kappa shape index (κ1) is 13.6. The Morgan fingerprint density at radius 3 is 2.57 bits per heavy atom. The van der Waals surface area contributed by atoms with Crippen LogP contribution in [-0.2, 0) is 4.79 Å². The summed E-state index contributed by atoms with van der Waals surface area (Å²) in [6.45, 7) is 0. The summed E-state index contributed by atoms with van der Waals surface area (Å²) in [4.78, 5) is 16.7. The van der Waals surface area contributed by atoms with Gasteiger partial charge in [0.15, 0.2) is 0 Å². The molecule has 1 aromatic carbocycles. The van der Waals surface area contributed by atoms with E-state index >= 15 is 0 Å². The number of rotatable bonds is 5. The molecule has 0 aliphatic heterocycles. The standard InChI is InChI=1S/C17H18N2O2/c1-21-15-10-9-14(11-18-15)19-17(20)16(13-7-8-13)12-5-3-2-4-6-12/h2-6,9-11,13,16H,7-8H2,1H3,(H,19,20)/t16-/m0/s1. The maximum atomic E-state index is 12.6. The van der Waals surface area contributed by atoms with Crippen LogP contribution in [0, 0.1) is 5.92 Å². The minimum absolute atomic E-state index is 0.0377. The number of hydrogen-bond acceptors (Lipinski definition) is 3. The summed E-state index contributed by atoms with van der Waals surface area (Å²) >= 11 is 0. The average Bonchev–Trinajstić information content (AvgIpc) is 3.34. The predicted molar refractivity (Wildman–Crippen MR) is 81.3 cm³/mol. The van der Waals surface area contributed by atoms with Gasteiger partial charge in [-0.25, -0.2) is 4.98 Å². The lowest BCUT2D eigenvalue weighted by molar-refractivity contribution is -0.118. The molecule has 21 heavy (non-hydrogen) atoms. The summed E-state index contributed by atoms with van der Waals surface area (Å²) in [5, 5.41) is 2.96. The Morgan fingerprint density at radius 1 is 1.24 bits per heavy atom. The van der Waals surface area contributed by atoms with Crippen LogP contribution >= 0.6 is 0 Å². The van der Waals surface area contributed by atoms with Crippen LogP contribution in [0.2, 0.25) is 0 Å². The third kappa shape index (κ3) is 3.21. The maximum Gasteiger partial charge on any atom is 0.232 e. The number of carbonyl (C=O) groups excluding carboxylic acids is 1. The molecule has 1 atom stereocenters. The van der Waals surface area contributed by atoms with Crippen molar-refractivity contribution in [1.29, 1.82) is 0 Å².